The maximum absolute atomic E-state index is 11.7. The first kappa shape index (κ1) is 12.4. The number of rotatable bonds is 3. The van der Waals surface area contributed by atoms with Gasteiger partial charge in [0.15, 0.2) is 0 Å². The number of nitrogens with two attached hydrogens (primary N) is 1. The van der Waals surface area contributed by atoms with Gasteiger partial charge in [-0.25, -0.2) is 4.79 Å². The third-order valence-corrected chi connectivity index (χ3v) is 3.35. The van der Waals surface area contributed by atoms with Crippen molar-refractivity contribution in [1.29, 1.82) is 0 Å². The molecule has 92 valence electrons. The number of hydrogen-bond donors (Lipinski definition) is 1. The Balaban J connectivity index is 1.92. The Labute approximate surface area is 108 Å². The molecule has 1 aliphatic rings. The summed E-state index contributed by atoms with van der Waals surface area (Å²) in [6.07, 6.45) is 2.05. The van der Waals surface area contributed by atoms with Crippen molar-refractivity contribution in [2.24, 2.45) is 0 Å². The van der Waals surface area contributed by atoms with E-state index in [9.17, 15) is 4.79 Å². The molecule has 4 nitrogen and oxygen atoms in total. The minimum Gasteiger partial charge on any atom is -0.459 e. The van der Waals surface area contributed by atoms with Crippen LogP contribution >= 0.6 is 15.9 Å². The third kappa shape index (κ3) is 3.20. The topological polar surface area (TPSA) is 61.6 Å². The van der Waals surface area contributed by atoms with E-state index in [-0.39, 0.29) is 12.1 Å². The number of benzene rings is 1. The maximum Gasteiger partial charge on any atom is 0.338 e. The van der Waals surface area contributed by atoms with Crippen molar-refractivity contribution < 1.29 is 14.3 Å². The van der Waals surface area contributed by atoms with Crippen molar-refractivity contribution in [3.05, 3.63) is 28.2 Å². The molecule has 1 aliphatic heterocycles. The quantitative estimate of drug-likeness (QED) is 0.687. The van der Waals surface area contributed by atoms with E-state index < -0.39 is 0 Å². The second-order valence-corrected chi connectivity index (χ2v) is 4.82. The lowest BCUT2D eigenvalue weighted by atomic mass is 10.2. The zero-order valence-corrected chi connectivity index (χ0v) is 10.9. The van der Waals surface area contributed by atoms with Crippen molar-refractivity contribution in [1.82, 2.24) is 0 Å². The molecule has 0 saturated carbocycles. The molecule has 1 heterocycles. The predicted molar refractivity (Wildman–Crippen MR) is 67.8 cm³/mol. The van der Waals surface area contributed by atoms with Crippen LogP contribution in [-0.4, -0.2) is 25.3 Å². The molecular formula is C12H14BrNO3. The van der Waals surface area contributed by atoms with Gasteiger partial charge in [0.1, 0.15) is 6.61 Å². The summed E-state index contributed by atoms with van der Waals surface area (Å²) < 4.78 is 11.3. The van der Waals surface area contributed by atoms with Crippen molar-refractivity contribution >= 4 is 27.6 Å². The van der Waals surface area contributed by atoms with Crippen molar-refractivity contribution in [3.63, 3.8) is 0 Å². The molecule has 0 aromatic heterocycles. The number of carbonyl (C=O) groups is 1. The number of carbonyl (C=O) groups excluding carboxylic acids is 1. The minimum atomic E-state index is -0.346. The first-order chi connectivity index (χ1) is 8.16. The largest absolute Gasteiger partial charge is 0.459 e. The maximum atomic E-state index is 11.7. The number of halogens is 1. The zero-order valence-electron chi connectivity index (χ0n) is 9.32. The van der Waals surface area contributed by atoms with Crippen LogP contribution in [0.3, 0.4) is 0 Å². The van der Waals surface area contributed by atoms with Gasteiger partial charge in [0, 0.05) is 16.8 Å². The number of nitrogen functional groups attached to an aromatic ring is 1. The summed E-state index contributed by atoms with van der Waals surface area (Å²) in [7, 11) is 0. The molecule has 2 N–H and O–H groups in total. The zero-order chi connectivity index (χ0) is 12.3. The van der Waals surface area contributed by atoms with E-state index in [1.807, 2.05) is 0 Å². The van der Waals surface area contributed by atoms with E-state index in [0.717, 1.165) is 19.4 Å². The second kappa shape index (κ2) is 5.51. The van der Waals surface area contributed by atoms with Gasteiger partial charge in [-0.1, -0.05) is 0 Å². The number of esters is 1. The molecular weight excluding hydrogens is 286 g/mol. The van der Waals surface area contributed by atoms with Gasteiger partial charge < -0.3 is 15.2 Å². The van der Waals surface area contributed by atoms with Gasteiger partial charge >= 0.3 is 5.97 Å². The van der Waals surface area contributed by atoms with Crippen LogP contribution < -0.4 is 5.73 Å². The molecule has 0 bridgehead atoms. The fourth-order valence-corrected chi connectivity index (χ4v) is 2.06. The average Bonchev–Trinajstić information content (AvgIpc) is 2.82. The van der Waals surface area contributed by atoms with E-state index >= 15 is 0 Å². The van der Waals surface area contributed by atoms with Gasteiger partial charge in [-0.2, -0.15) is 0 Å². The first-order valence-electron chi connectivity index (χ1n) is 5.50. The Morgan fingerprint density at radius 3 is 3.06 bits per heavy atom. The highest BCUT2D eigenvalue weighted by atomic mass is 79.9. The standard InChI is InChI=1S/C12H14BrNO3/c13-10-6-8(3-4-11(10)14)12(15)17-7-9-2-1-5-16-9/h3-4,6,9H,1-2,5,7,14H2. The molecule has 1 fully saturated rings. The van der Waals surface area contributed by atoms with E-state index in [0.29, 0.717) is 22.3 Å². The Kier molecular flexibility index (Phi) is 4.02. The molecule has 1 aromatic rings. The Morgan fingerprint density at radius 1 is 1.59 bits per heavy atom. The van der Waals surface area contributed by atoms with Crippen molar-refractivity contribution in [2.45, 2.75) is 18.9 Å². The van der Waals surface area contributed by atoms with Crippen molar-refractivity contribution in [2.75, 3.05) is 18.9 Å². The molecule has 5 heteroatoms. The van der Waals surface area contributed by atoms with Crippen LogP contribution in [0.15, 0.2) is 22.7 Å². The fourth-order valence-electron chi connectivity index (χ4n) is 1.68. The van der Waals surface area contributed by atoms with Gasteiger partial charge in [-0.15, -0.1) is 0 Å². The molecule has 0 aliphatic carbocycles. The Hall–Kier alpha value is -1.07. The summed E-state index contributed by atoms with van der Waals surface area (Å²) in [5, 5.41) is 0. The normalized spacial score (nSPS) is 19.2. The molecule has 0 radical (unpaired) electrons. The molecule has 0 spiro atoms. The summed E-state index contributed by atoms with van der Waals surface area (Å²) in [6, 6.07) is 4.98. The Morgan fingerprint density at radius 2 is 2.41 bits per heavy atom. The lowest BCUT2D eigenvalue weighted by Gasteiger charge is -2.10. The van der Waals surface area contributed by atoms with E-state index in [4.69, 9.17) is 15.2 Å². The number of ether oxygens (including phenoxy) is 2. The molecule has 1 atom stereocenters. The third-order valence-electron chi connectivity index (χ3n) is 2.66. The lowest BCUT2D eigenvalue weighted by molar-refractivity contribution is 0.0161. The molecule has 17 heavy (non-hydrogen) atoms. The fraction of sp³-hybridized carbons (Fsp3) is 0.417. The molecule has 1 unspecified atom stereocenters. The van der Waals surface area contributed by atoms with Crippen LogP contribution in [0.4, 0.5) is 5.69 Å². The smallest absolute Gasteiger partial charge is 0.338 e. The summed E-state index contributed by atoms with van der Waals surface area (Å²) in [6.45, 7) is 1.08. The second-order valence-electron chi connectivity index (χ2n) is 3.97. The summed E-state index contributed by atoms with van der Waals surface area (Å²) >= 11 is 3.27. The summed E-state index contributed by atoms with van der Waals surface area (Å²) in [5.74, 6) is -0.346. The summed E-state index contributed by atoms with van der Waals surface area (Å²) in [4.78, 5) is 11.7. The molecule has 1 saturated heterocycles. The monoisotopic (exact) mass is 299 g/mol. The van der Waals surface area contributed by atoms with Gasteiger partial charge in [-0.05, 0) is 47.0 Å². The highest BCUT2D eigenvalue weighted by Gasteiger charge is 2.18. The molecule has 2 rings (SSSR count). The van der Waals surface area contributed by atoms with E-state index in [1.165, 1.54) is 0 Å². The SMILES string of the molecule is Nc1ccc(C(=O)OCC2CCCO2)cc1Br. The van der Waals surface area contributed by atoms with Crippen LogP contribution in [-0.2, 0) is 9.47 Å². The van der Waals surface area contributed by atoms with Gasteiger partial charge in [0.2, 0.25) is 0 Å². The van der Waals surface area contributed by atoms with Crippen LogP contribution in [0.1, 0.15) is 23.2 Å². The highest BCUT2D eigenvalue weighted by Crippen LogP contribution is 2.21. The van der Waals surface area contributed by atoms with Crippen LogP contribution in [0.2, 0.25) is 0 Å². The first-order valence-corrected chi connectivity index (χ1v) is 6.30. The summed E-state index contributed by atoms with van der Waals surface area (Å²) in [5.41, 5.74) is 6.73. The molecule has 1 aromatic carbocycles. The van der Waals surface area contributed by atoms with Crippen LogP contribution in [0.25, 0.3) is 0 Å². The van der Waals surface area contributed by atoms with E-state index in [1.54, 1.807) is 18.2 Å². The van der Waals surface area contributed by atoms with Crippen LogP contribution in [0, 0.1) is 0 Å². The lowest BCUT2D eigenvalue weighted by Crippen LogP contribution is -2.17. The van der Waals surface area contributed by atoms with Crippen LogP contribution in [0.5, 0.6) is 0 Å². The number of hydrogen-bond acceptors (Lipinski definition) is 4. The average molecular weight is 300 g/mol. The number of anilines is 1. The van der Waals surface area contributed by atoms with Gasteiger partial charge in [-0.3, -0.25) is 0 Å². The predicted octanol–water partition coefficient (Wildman–Crippen LogP) is 2.37. The van der Waals surface area contributed by atoms with Gasteiger partial charge in [0.25, 0.3) is 0 Å². The minimum absolute atomic E-state index is 0.0520. The van der Waals surface area contributed by atoms with E-state index in [2.05, 4.69) is 15.9 Å². The van der Waals surface area contributed by atoms with Crippen molar-refractivity contribution in [3.8, 4) is 0 Å². The highest BCUT2D eigenvalue weighted by molar-refractivity contribution is 9.10. The Bertz CT molecular complexity index is 416. The van der Waals surface area contributed by atoms with Gasteiger partial charge in [0.05, 0.1) is 11.7 Å². The molecule has 0 amide bonds.